The zero-order valence-corrected chi connectivity index (χ0v) is 13.0. The molecule has 1 aromatic carbocycles. The van der Waals surface area contributed by atoms with Gasteiger partial charge < -0.3 is 10.4 Å². The molecule has 6 heteroatoms. The highest BCUT2D eigenvalue weighted by molar-refractivity contribution is 9.10. The van der Waals surface area contributed by atoms with Gasteiger partial charge in [-0.1, -0.05) is 22.9 Å². The standard InChI is InChI=1S/C14H17BrFNO3/c1-3-14(2,13(19)20)17-12(18)7-4-9-8-10(16)5-6-11(9)15/h5-6,8H,3-4,7H2,1-2H3,(H,17,18)(H,19,20). The molecule has 1 atom stereocenters. The van der Waals surface area contributed by atoms with E-state index in [9.17, 15) is 14.0 Å². The van der Waals surface area contributed by atoms with E-state index >= 15 is 0 Å². The third-order valence-corrected chi connectivity index (χ3v) is 4.00. The molecule has 0 aromatic heterocycles. The molecule has 20 heavy (non-hydrogen) atoms. The smallest absolute Gasteiger partial charge is 0.329 e. The van der Waals surface area contributed by atoms with E-state index in [0.29, 0.717) is 12.0 Å². The van der Waals surface area contributed by atoms with Crippen molar-refractivity contribution >= 4 is 27.8 Å². The molecule has 110 valence electrons. The summed E-state index contributed by atoms with van der Waals surface area (Å²) in [5, 5.41) is 11.6. The van der Waals surface area contributed by atoms with Gasteiger partial charge in [-0.15, -0.1) is 0 Å². The minimum Gasteiger partial charge on any atom is -0.480 e. The van der Waals surface area contributed by atoms with E-state index in [1.54, 1.807) is 13.0 Å². The van der Waals surface area contributed by atoms with Crippen LogP contribution >= 0.6 is 15.9 Å². The van der Waals surface area contributed by atoms with Crippen LogP contribution in [-0.4, -0.2) is 22.5 Å². The van der Waals surface area contributed by atoms with Crippen molar-refractivity contribution in [3.05, 3.63) is 34.1 Å². The minimum absolute atomic E-state index is 0.102. The summed E-state index contributed by atoms with van der Waals surface area (Å²) in [6.07, 6.45) is 0.728. The van der Waals surface area contributed by atoms with Gasteiger partial charge in [0.05, 0.1) is 0 Å². The second-order valence-corrected chi connectivity index (χ2v) is 5.63. The van der Waals surface area contributed by atoms with Gasteiger partial charge in [-0.25, -0.2) is 9.18 Å². The summed E-state index contributed by atoms with van der Waals surface area (Å²) in [4.78, 5) is 22.9. The Morgan fingerprint density at radius 3 is 2.65 bits per heavy atom. The normalized spacial score (nSPS) is 13.6. The largest absolute Gasteiger partial charge is 0.480 e. The van der Waals surface area contributed by atoms with E-state index in [0.717, 1.165) is 4.47 Å². The van der Waals surface area contributed by atoms with Crippen molar-refractivity contribution in [1.29, 1.82) is 0 Å². The number of halogens is 2. The lowest BCUT2D eigenvalue weighted by molar-refractivity contribution is -0.147. The van der Waals surface area contributed by atoms with E-state index in [-0.39, 0.29) is 24.6 Å². The van der Waals surface area contributed by atoms with Crippen LogP contribution in [0, 0.1) is 5.82 Å². The van der Waals surface area contributed by atoms with Crippen LogP contribution in [0.15, 0.2) is 22.7 Å². The van der Waals surface area contributed by atoms with Crippen molar-refractivity contribution in [3.8, 4) is 0 Å². The van der Waals surface area contributed by atoms with Crippen LogP contribution in [0.25, 0.3) is 0 Å². The SMILES string of the molecule is CCC(C)(NC(=O)CCc1cc(F)ccc1Br)C(=O)O. The van der Waals surface area contributed by atoms with Gasteiger partial charge in [-0.05, 0) is 43.5 Å². The van der Waals surface area contributed by atoms with Crippen molar-refractivity contribution in [2.45, 2.75) is 38.6 Å². The minimum atomic E-state index is -1.27. The lowest BCUT2D eigenvalue weighted by atomic mass is 9.98. The summed E-state index contributed by atoms with van der Waals surface area (Å²) in [7, 11) is 0. The predicted octanol–water partition coefficient (Wildman–Crippen LogP) is 2.89. The molecule has 0 aliphatic rings. The molecule has 1 rings (SSSR count). The number of amides is 1. The number of carboxylic acid groups (broad SMARTS) is 1. The highest BCUT2D eigenvalue weighted by atomic mass is 79.9. The summed E-state index contributed by atoms with van der Waals surface area (Å²) in [5.41, 5.74) is -0.593. The average Bonchev–Trinajstić information content (AvgIpc) is 2.39. The van der Waals surface area contributed by atoms with Crippen molar-refractivity contribution in [3.63, 3.8) is 0 Å². The summed E-state index contributed by atoms with van der Waals surface area (Å²) in [5.74, 6) is -1.80. The Bertz CT molecular complexity index is 521. The van der Waals surface area contributed by atoms with Crippen LogP contribution in [0.3, 0.4) is 0 Å². The number of carboxylic acids is 1. The fraction of sp³-hybridized carbons (Fsp3) is 0.429. The molecule has 0 saturated heterocycles. The average molecular weight is 346 g/mol. The Balaban J connectivity index is 2.64. The van der Waals surface area contributed by atoms with E-state index in [2.05, 4.69) is 21.2 Å². The van der Waals surface area contributed by atoms with E-state index in [1.165, 1.54) is 19.1 Å². The zero-order chi connectivity index (χ0) is 15.3. The number of carbonyl (C=O) groups excluding carboxylic acids is 1. The third-order valence-electron chi connectivity index (χ3n) is 3.22. The fourth-order valence-electron chi connectivity index (χ4n) is 1.65. The summed E-state index contributed by atoms with van der Waals surface area (Å²) >= 11 is 3.29. The number of hydrogen-bond acceptors (Lipinski definition) is 2. The van der Waals surface area contributed by atoms with Crippen LogP contribution in [0.1, 0.15) is 32.3 Å². The number of benzene rings is 1. The fourth-order valence-corrected chi connectivity index (χ4v) is 2.09. The molecular formula is C14H17BrFNO3. The predicted molar refractivity (Wildman–Crippen MR) is 76.9 cm³/mol. The monoisotopic (exact) mass is 345 g/mol. The maximum absolute atomic E-state index is 13.1. The highest BCUT2D eigenvalue weighted by Gasteiger charge is 2.32. The number of rotatable bonds is 6. The molecule has 0 radical (unpaired) electrons. The first-order chi connectivity index (χ1) is 9.28. The van der Waals surface area contributed by atoms with Gasteiger partial charge in [0.15, 0.2) is 0 Å². The van der Waals surface area contributed by atoms with Gasteiger partial charge in [-0.3, -0.25) is 4.79 Å². The van der Waals surface area contributed by atoms with Crippen molar-refractivity contribution in [1.82, 2.24) is 5.32 Å². The van der Waals surface area contributed by atoms with Crippen LogP contribution in [-0.2, 0) is 16.0 Å². The van der Waals surface area contributed by atoms with E-state index in [1.807, 2.05) is 0 Å². The molecule has 0 spiro atoms. The topological polar surface area (TPSA) is 66.4 Å². The Kier molecular flexibility index (Phi) is 5.68. The second kappa shape index (κ2) is 6.83. The lowest BCUT2D eigenvalue weighted by Gasteiger charge is -2.24. The second-order valence-electron chi connectivity index (χ2n) is 4.77. The Morgan fingerprint density at radius 1 is 1.45 bits per heavy atom. The first-order valence-electron chi connectivity index (χ1n) is 6.27. The van der Waals surface area contributed by atoms with Crippen LogP contribution in [0.5, 0.6) is 0 Å². The van der Waals surface area contributed by atoms with E-state index < -0.39 is 11.5 Å². The van der Waals surface area contributed by atoms with Crippen molar-refractivity contribution in [2.24, 2.45) is 0 Å². The third kappa shape index (κ3) is 4.30. The summed E-state index contributed by atoms with van der Waals surface area (Å²) in [6, 6.07) is 4.26. The van der Waals surface area contributed by atoms with Crippen LogP contribution in [0.4, 0.5) is 4.39 Å². The summed E-state index contributed by atoms with van der Waals surface area (Å²) < 4.78 is 13.8. The Labute approximate surface area is 125 Å². The number of carbonyl (C=O) groups is 2. The number of aryl methyl sites for hydroxylation is 1. The molecule has 0 aliphatic heterocycles. The summed E-state index contributed by atoms with van der Waals surface area (Å²) in [6.45, 7) is 3.16. The Morgan fingerprint density at radius 2 is 2.10 bits per heavy atom. The van der Waals surface area contributed by atoms with Gasteiger partial charge in [0, 0.05) is 10.9 Å². The van der Waals surface area contributed by atoms with Gasteiger partial charge in [0.1, 0.15) is 11.4 Å². The molecule has 1 amide bonds. The zero-order valence-electron chi connectivity index (χ0n) is 11.4. The molecule has 0 heterocycles. The molecular weight excluding hydrogens is 329 g/mol. The Hall–Kier alpha value is -1.43. The quantitative estimate of drug-likeness (QED) is 0.832. The van der Waals surface area contributed by atoms with Crippen molar-refractivity contribution in [2.75, 3.05) is 0 Å². The van der Waals surface area contributed by atoms with Crippen LogP contribution < -0.4 is 5.32 Å². The molecule has 4 nitrogen and oxygen atoms in total. The molecule has 0 aliphatic carbocycles. The number of hydrogen-bond donors (Lipinski definition) is 2. The van der Waals surface area contributed by atoms with Gasteiger partial charge in [0.2, 0.25) is 5.91 Å². The first-order valence-corrected chi connectivity index (χ1v) is 7.06. The molecule has 2 N–H and O–H groups in total. The maximum Gasteiger partial charge on any atom is 0.329 e. The van der Waals surface area contributed by atoms with Crippen molar-refractivity contribution < 1.29 is 19.1 Å². The van der Waals surface area contributed by atoms with Crippen LogP contribution in [0.2, 0.25) is 0 Å². The molecule has 0 bridgehead atoms. The lowest BCUT2D eigenvalue weighted by Crippen LogP contribution is -2.51. The maximum atomic E-state index is 13.1. The molecule has 0 saturated carbocycles. The van der Waals surface area contributed by atoms with E-state index in [4.69, 9.17) is 5.11 Å². The van der Waals surface area contributed by atoms with Gasteiger partial charge >= 0.3 is 5.97 Å². The highest BCUT2D eigenvalue weighted by Crippen LogP contribution is 2.19. The van der Waals surface area contributed by atoms with Gasteiger partial charge in [0.25, 0.3) is 0 Å². The number of nitrogens with one attached hydrogen (secondary N) is 1. The van der Waals surface area contributed by atoms with Gasteiger partial charge in [-0.2, -0.15) is 0 Å². The first kappa shape index (κ1) is 16.6. The number of aliphatic carboxylic acids is 1. The molecule has 1 unspecified atom stereocenters. The molecule has 0 fully saturated rings. The molecule has 1 aromatic rings.